The number of nitrogens with one attached hydrogen (secondary N) is 5. The van der Waals surface area contributed by atoms with Crippen molar-refractivity contribution in [2.75, 3.05) is 53.0 Å². The van der Waals surface area contributed by atoms with Gasteiger partial charge in [0.25, 0.3) is 5.91 Å². The summed E-state index contributed by atoms with van der Waals surface area (Å²) in [5.41, 5.74) is 21.9. The van der Waals surface area contributed by atoms with E-state index in [1.807, 2.05) is 30.3 Å². The second-order valence-corrected chi connectivity index (χ2v) is 18.4. The minimum Gasteiger partial charge on any atom is -0.492 e. The molecule has 1 aliphatic heterocycles. The molecular weight excluding hydrogens is 925 g/mol. The third-order valence-electron chi connectivity index (χ3n) is 11.9. The highest BCUT2D eigenvalue weighted by atomic mass is 16.5. The Morgan fingerprint density at radius 3 is 2.04 bits per heavy atom. The number of carbonyl (C=O) groups excluding carboxylic acids is 6. The van der Waals surface area contributed by atoms with E-state index in [0.29, 0.717) is 45.4 Å². The first kappa shape index (κ1) is 55.4. The van der Waals surface area contributed by atoms with Crippen LogP contribution in [0.25, 0.3) is 22.5 Å². The zero-order chi connectivity index (χ0) is 52.9. The molecule has 1 aromatic heterocycles. The van der Waals surface area contributed by atoms with E-state index in [1.165, 1.54) is 14.0 Å². The van der Waals surface area contributed by atoms with Crippen LogP contribution in [0.2, 0.25) is 0 Å². The van der Waals surface area contributed by atoms with Crippen molar-refractivity contribution >= 4 is 35.4 Å². The summed E-state index contributed by atoms with van der Waals surface area (Å²) in [6, 6.07) is 12.6. The van der Waals surface area contributed by atoms with Crippen LogP contribution in [0.1, 0.15) is 78.6 Å². The van der Waals surface area contributed by atoms with Crippen LogP contribution < -0.4 is 53.3 Å². The van der Waals surface area contributed by atoms with Gasteiger partial charge in [-0.25, -0.2) is 9.97 Å². The number of nitrogens with two attached hydrogens (primary N) is 3. The molecule has 5 atom stereocenters. The fourth-order valence-electron chi connectivity index (χ4n) is 8.12. The number of nitriles is 1. The molecule has 0 radical (unpaired) electrons. The molecule has 12 N–H and O–H groups in total. The molecule has 384 valence electrons. The van der Waals surface area contributed by atoms with E-state index >= 15 is 0 Å². The zero-order valence-corrected chi connectivity index (χ0v) is 41.8. The first-order valence-corrected chi connectivity index (χ1v) is 23.6. The maximum atomic E-state index is 14.7. The fraction of sp³-hybridized carbons (Fsp3) is 0.431. The van der Waals surface area contributed by atoms with Crippen molar-refractivity contribution in [2.45, 2.75) is 90.0 Å². The van der Waals surface area contributed by atoms with Gasteiger partial charge in [-0.05, 0) is 80.1 Å². The predicted molar refractivity (Wildman–Crippen MR) is 268 cm³/mol. The average Bonchev–Trinajstić information content (AvgIpc) is 3.34. The molecule has 0 saturated carbocycles. The Balaban J connectivity index is 1.49. The van der Waals surface area contributed by atoms with Crippen LogP contribution in [0.3, 0.4) is 0 Å². The van der Waals surface area contributed by atoms with Crippen LogP contribution in [0.5, 0.6) is 11.5 Å². The van der Waals surface area contributed by atoms with Gasteiger partial charge in [-0.15, -0.1) is 0 Å². The van der Waals surface area contributed by atoms with Crippen molar-refractivity contribution in [3.8, 4) is 40.1 Å². The van der Waals surface area contributed by atoms with E-state index < -0.39 is 72.3 Å². The number of hydrogen-bond acceptors (Lipinski definition) is 15. The van der Waals surface area contributed by atoms with Crippen molar-refractivity contribution in [1.29, 1.82) is 5.26 Å². The maximum absolute atomic E-state index is 14.7. The van der Waals surface area contributed by atoms with E-state index in [1.54, 1.807) is 50.2 Å². The highest BCUT2D eigenvalue weighted by Gasteiger charge is 2.37. The lowest BCUT2D eigenvalue weighted by Crippen LogP contribution is -2.57. The van der Waals surface area contributed by atoms with Gasteiger partial charge in [-0.1, -0.05) is 57.2 Å². The molecule has 4 aromatic rings. The van der Waals surface area contributed by atoms with E-state index in [9.17, 15) is 39.1 Å². The van der Waals surface area contributed by atoms with Gasteiger partial charge < -0.3 is 63.3 Å². The van der Waals surface area contributed by atoms with Gasteiger partial charge in [-0.2, -0.15) is 5.26 Å². The summed E-state index contributed by atoms with van der Waals surface area (Å²) in [5.74, 6) is -3.61. The quantitative estimate of drug-likeness (QED) is 0.0620. The van der Waals surface area contributed by atoms with Gasteiger partial charge in [0.1, 0.15) is 61.5 Å². The van der Waals surface area contributed by atoms with Gasteiger partial charge in [0.2, 0.25) is 29.5 Å². The summed E-state index contributed by atoms with van der Waals surface area (Å²) in [7, 11) is 1.33. The monoisotopic (exact) mass is 991 g/mol. The first-order chi connectivity index (χ1) is 34.3. The van der Waals surface area contributed by atoms with Crippen molar-refractivity contribution in [3.05, 3.63) is 94.3 Å². The number of aliphatic hydroxyl groups is 1. The van der Waals surface area contributed by atoms with E-state index in [-0.39, 0.29) is 68.8 Å². The molecular formula is C51H66N12O9. The first-order valence-electron chi connectivity index (χ1n) is 23.6. The number of likely N-dealkylation sites (N-methyl/N-ethyl adjacent to an activating group) is 1. The Morgan fingerprint density at radius 2 is 1.47 bits per heavy atom. The summed E-state index contributed by atoms with van der Waals surface area (Å²) < 4.78 is 12.2. The number of hydrogen-bond donors (Lipinski definition) is 9. The Hall–Kier alpha value is -7.51. The molecule has 1 aliphatic rings. The molecule has 5 rings (SSSR count). The number of rotatable bonds is 18. The van der Waals surface area contributed by atoms with Crippen LogP contribution in [-0.4, -0.2) is 133 Å². The molecule has 2 heterocycles. The molecule has 0 fully saturated rings. The van der Waals surface area contributed by atoms with E-state index in [4.69, 9.17) is 26.7 Å². The summed E-state index contributed by atoms with van der Waals surface area (Å²) in [4.78, 5) is 94.4. The number of carbonyl (C=O) groups is 6. The lowest BCUT2D eigenvalue weighted by atomic mass is 9.86. The molecule has 0 saturated heterocycles. The Kier molecular flexibility index (Phi) is 19.3. The Labute approximate surface area is 419 Å². The van der Waals surface area contributed by atoms with Gasteiger partial charge in [0, 0.05) is 43.2 Å². The topological polar surface area (TPSA) is 332 Å². The number of nitrogens with zero attached hydrogens (tertiary/aromatic N) is 4. The highest BCUT2D eigenvalue weighted by Crippen LogP contribution is 2.40. The SMILES string of the molecule is Cc1nc(-c2ccc(C(C)(C)C)cc2)nc(C)c1C(=O)NC(CO)C(=O)NC(CCN)C(=O)N(C)[C@@H]1C(=O)N[C@@H](C)C(=O)N[C@H](C(=O)NCC#N)Cc2ccc(OCCN)c(c2)-c2cc1ccc2OCCN. The zero-order valence-electron chi connectivity index (χ0n) is 41.8. The lowest BCUT2D eigenvalue weighted by molar-refractivity contribution is -0.143. The van der Waals surface area contributed by atoms with Crippen LogP contribution in [0, 0.1) is 25.2 Å². The second-order valence-electron chi connectivity index (χ2n) is 18.4. The minimum atomic E-state index is -1.56. The van der Waals surface area contributed by atoms with Crippen molar-refractivity contribution in [2.24, 2.45) is 17.2 Å². The Morgan fingerprint density at radius 1 is 0.861 bits per heavy atom. The molecule has 72 heavy (non-hydrogen) atoms. The van der Waals surface area contributed by atoms with Crippen molar-refractivity contribution in [3.63, 3.8) is 0 Å². The molecule has 2 unspecified atom stereocenters. The molecule has 0 aliphatic carbocycles. The van der Waals surface area contributed by atoms with Crippen molar-refractivity contribution in [1.82, 2.24) is 41.5 Å². The van der Waals surface area contributed by atoms with Gasteiger partial charge in [0.15, 0.2) is 5.82 Å². The Bertz CT molecular complexity index is 2640. The normalized spacial score (nSPS) is 16.6. The summed E-state index contributed by atoms with van der Waals surface area (Å²) in [6.45, 7) is 10.2. The van der Waals surface area contributed by atoms with Crippen molar-refractivity contribution < 1.29 is 43.3 Å². The van der Waals surface area contributed by atoms with Gasteiger partial charge in [-0.3, -0.25) is 28.8 Å². The summed E-state index contributed by atoms with van der Waals surface area (Å²) >= 11 is 0. The molecule has 21 nitrogen and oxygen atoms in total. The number of aromatic nitrogens is 2. The smallest absolute Gasteiger partial charge is 0.255 e. The maximum Gasteiger partial charge on any atom is 0.255 e. The number of benzene rings is 3. The summed E-state index contributed by atoms with van der Waals surface area (Å²) in [5, 5.41) is 32.6. The molecule has 21 heteroatoms. The molecule has 4 bridgehead atoms. The largest absolute Gasteiger partial charge is 0.492 e. The average molecular weight is 991 g/mol. The number of aryl methyl sites for hydroxylation is 2. The number of ether oxygens (including phenoxy) is 2. The number of aliphatic hydroxyl groups excluding tert-OH is 1. The summed E-state index contributed by atoms with van der Waals surface area (Å²) in [6.07, 6.45) is -0.171. The van der Waals surface area contributed by atoms with Gasteiger partial charge >= 0.3 is 0 Å². The highest BCUT2D eigenvalue weighted by molar-refractivity contribution is 6.01. The fourth-order valence-corrected chi connectivity index (χ4v) is 8.12. The second kappa shape index (κ2) is 25.0. The molecule has 0 spiro atoms. The predicted octanol–water partition coefficient (Wildman–Crippen LogP) is 0.709. The molecule has 6 amide bonds. The van der Waals surface area contributed by atoms with E-state index in [2.05, 4.69) is 57.3 Å². The van der Waals surface area contributed by atoms with Crippen LogP contribution >= 0.6 is 0 Å². The van der Waals surface area contributed by atoms with Gasteiger partial charge in [0.05, 0.1) is 29.6 Å². The third kappa shape index (κ3) is 13.7. The van der Waals surface area contributed by atoms with E-state index in [0.717, 1.165) is 16.0 Å². The van der Waals surface area contributed by atoms with Crippen LogP contribution in [-0.2, 0) is 35.8 Å². The number of fused-ring (bicyclic) bond motifs is 5. The molecule has 3 aromatic carbocycles. The third-order valence-corrected chi connectivity index (χ3v) is 11.9. The number of amides is 6. The van der Waals surface area contributed by atoms with Crippen LogP contribution in [0.4, 0.5) is 0 Å². The standard InChI is InChI=1S/C51H66N12O9/c1-28-42(29(2)58-44(57-28)32-9-12-34(13-10-32)51(4,5)6)48(68)62-39(27-64)47(67)60-37(16-17-52)50(70)63(7)43-33-11-15-41(72-23-20-55)36(26-33)35-24-31(8-14-40(35)71-22-19-54)25-38(46(66)56-21-18-53)61-45(65)30(3)59-49(43)69/h8-15,24,26,30,37-39,43,64H,16-17,19-23,25,27,52,54-55H2,1-7H3,(H,56,66)(H,59,69)(H,60,67)(H,61,65)(H,62,68)/t30-,37?,38-,39?,43-/m0/s1. The lowest BCUT2D eigenvalue weighted by Gasteiger charge is -2.33. The van der Waals surface area contributed by atoms with Crippen LogP contribution in [0.15, 0.2) is 60.7 Å². The minimum absolute atomic E-state index is 0.0320.